The van der Waals surface area contributed by atoms with Crippen LogP contribution in [0.2, 0.25) is 10.0 Å². The SMILES string of the molecule is CCCCCOc1ccc(S(=O)(=O)NCCNCc2c(O)cc3c(c2O)-c2cc(ccc2O)[C@H]2CC(=O)[C@H]4Cc5cc(c(O[C@@H]6O[C@H](CO)[C@@H](O)[C@H](O)[C@H]6O[C@H]6C[C@](C)(N)[C@H](O)[C@H](C)O6)c(c5)Oc5ccc(cc5Cl)[C@@H](O)C[C@H](NC2=O)C(=O)N[C@@H]3C(=O)CC2C3CC5CC(C3)CC2C5)Oc2ccc(cc2Cl)[C@@H](O)[C@@H](NC(=O)[C@H](CC)CC(C)C)C(=O)C[C@@H](CC(=O)NC(=O)Nc2ccc(OC)cc2)C(=O)N4)cc1. The number of carbonyl (C=O) groups is 9. The maximum absolute atomic E-state index is 16.9. The van der Waals surface area contributed by atoms with Crippen molar-refractivity contribution in [1.82, 2.24) is 36.6 Å². The van der Waals surface area contributed by atoms with E-state index in [0.717, 1.165) is 63.5 Å². The number of fused-ring (bicyclic) bond motifs is 16. The molecular formula is C104H127Cl2N9O28S. The monoisotopic (exact) mass is 2050 g/mol. The van der Waals surface area contributed by atoms with E-state index < -0.39 is 252 Å². The Morgan fingerprint density at radius 3 is 1.97 bits per heavy atom. The quantitative estimate of drug-likeness (QED) is 0.0194. The summed E-state index contributed by atoms with van der Waals surface area (Å²) in [7, 11) is -2.72. The van der Waals surface area contributed by atoms with Gasteiger partial charge in [0.25, 0.3) is 0 Å². The molecule has 16 bridgehead atoms. The fraction of sp³-hybridized carbons (Fsp3) is 0.510. The zero-order valence-corrected chi connectivity index (χ0v) is 83.2. The second-order valence-electron chi connectivity index (χ2n) is 39.9. The number of ketones is 3. The average molecular weight is 2050 g/mol. The molecule has 0 radical (unpaired) electrons. The van der Waals surface area contributed by atoms with Gasteiger partial charge in [0, 0.05) is 92.9 Å². The van der Waals surface area contributed by atoms with Crippen LogP contribution in [0.25, 0.3) is 11.1 Å². The standard InChI is InChI=1S/C104H127Cl2N9O28S/c1-8-10-11-28-137-64-19-21-65(22-20-64)144(134,135)109-27-26-108-48-70-77(119)45-69-88(92(70)125)68-38-56(12-23-75(68)117)67-44-78(120)73-35-54-36-83(139-81-24-13-57(39-71(81)105)76(118)46-74(112-100(67)131)101(132)114-89(69)80(122)43-66-59-31-52-30-53(33-59)34-60(66)32-52)95(143-102-96(94(127)93(126)85(49-116)141-102)142-87-47-104(6,107)97(128)51(5)138-87)84(37-54)140-82-25-14-58(40-72(82)106)91(124)90(115-98(129)55(9-2)29-50(3)4)79(121)41-61(99(130)111-73)42-86(123)113-103(133)110-62-15-17-63(136-7)18-16-62/h12-25,36-40,45,50-53,55,59-61,66-67,73-74,76,85,87,89-91,93-94,96-97,102,108-109,116-119,124-128H,8-11,26-35,41-44,46-49,107H2,1-7H3,(H,111,130)(H,112,131)(H,114,132)(H,115,129)(H2,110,113,123,133)/t51-,52?,53?,55+,59?,60?,61-,66?,67+,73+,74-,76-,85+,87-,89-,90-,91+,93+,94-,96+,97+,102-,104-/m0/s1. The summed E-state index contributed by atoms with van der Waals surface area (Å²) in [6.45, 7) is 9.25. The normalized spacial score (nSPS) is 28.3. The van der Waals surface area contributed by atoms with Gasteiger partial charge in [0.2, 0.25) is 51.6 Å². The fourth-order valence-corrected chi connectivity index (χ4v) is 22.9. The summed E-state index contributed by atoms with van der Waals surface area (Å²) >= 11 is 14.7. The first kappa shape index (κ1) is 107. The van der Waals surface area contributed by atoms with Crippen molar-refractivity contribution in [3.05, 3.63) is 165 Å². The van der Waals surface area contributed by atoms with Crippen molar-refractivity contribution < 1.29 is 135 Å². The number of methoxy groups -OCH3 is 1. The minimum absolute atomic E-state index is 0.0313. The number of anilines is 1. The van der Waals surface area contributed by atoms with Gasteiger partial charge in [-0.3, -0.25) is 43.7 Å². The number of aliphatic hydroxyl groups excluding tert-OH is 6. The number of nitrogens with two attached hydrogens (primary N) is 1. The number of halogens is 2. The molecule has 0 unspecified atom stereocenters. The van der Waals surface area contributed by atoms with E-state index in [2.05, 4.69) is 48.9 Å². The lowest BCUT2D eigenvalue weighted by atomic mass is 9.51. The van der Waals surface area contributed by atoms with E-state index in [1.807, 2.05) is 13.8 Å². The van der Waals surface area contributed by atoms with Crippen LogP contribution >= 0.6 is 23.2 Å². The van der Waals surface area contributed by atoms with Crippen molar-refractivity contribution in [2.75, 3.05) is 38.7 Å². The molecule has 7 heterocycles. The number of nitrogens with one attached hydrogen (secondary N) is 8. The predicted molar refractivity (Wildman–Crippen MR) is 524 cm³/mol. The fourth-order valence-electron chi connectivity index (χ4n) is 21.4. The molecule has 144 heavy (non-hydrogen) atoms. The van der Waals surface area contributed by atoms with Crippen molar-refractivity contribution in [1.29, 1.82) is 0 Å². The molecule has 18 atom stereocenters. The Morgan fingerprint density at radius 2 is 1.33 bits per heavy atom. The number of unbranched alkanes of at least 4 members (excludes halogenated alkanes) is 2. The number of phenols is 3. The maximum atomic E-state index is 16.9. The molecule has 4 aliphatic carbocycles. The van der Waals surface area contributed by atoms with Crippen molar-refractivity contribution in [2.24, 2.45) is 53.1 Å². The van der Waals surface area contributed by atoms with E-state index in [1.165, 1.54) is 118 Å². The van der Waals surface area contributed by atoms with Crippen LogP contribution in [0.4, 0.5) is 10.5 Å². The van der Waals surface area contributed by atoms with Crippen LogP contribution in [0.3, 0.4) is 0 Å². The maximum Gasteiger partial charge on any atom is 0.325 e. The molecular weight excluding hydrogens is 1930 g/mol. The molecule has 7 aliphatic heterocycles. The molecule has 0 aromatic heterocycles. The van der Waals surface area contributed by atoms with Gasteiger partial charge >= 0.3 is 6.03 Å². The number of carbonyl (C=O) groups excluding carboxylic acids is 9. The summed E-state index contributed by atoms with van der Waals surface area (Å²) in [5.74, 6) is -15.3. The van der Waals surface area contributed by atoms with Gasteiger partial charge in [-0.2, -0.15) is 0 Å². The van der Waals surface area contributed by atoms with E-state index >= 15 is 28.8 Å². The number of phenolic OH excluding ortho intramolecular Hbond substituents is 3. The number of sulfonamides is 1. The van der Waals surface area contributed by atoms with E-state index in [0.29, 0.717) is 36.4 Å². The van der Waals surface area contributed by atoms with Gasteiger partial charge in [0.05, 0.1) is 77.0 Å². The van der Waals surface area contributed by atoms with Gasteiger partial charge in [0.1, 0.15) is 82.8 Å². The first-order valence-electron chi connectivity index (χ1n) is 49.1. The van der Waals surface area contributed by atoms with Gasteiger partial charge in [0.15, 0.2) is 41.2 Å². The molecule has 40 heteroatoms. The van der Waals surface area contributed by atoms with Crippen LogP contribution in [0.1, 0.15) is 202 Å². The van der Waals surface area contributed by atoms with Gasteiger partial charge in [-0.1, -0.05) is 81.9 Å². The molecule has 4 saturated carbocycles. The van der Waals surface area contributed by atoms with Crippen molar-refractivity contribution >= 4 is 91.8 Å². The number of ether oxygens (including phenoxy) is 8. The molecule has 776 valence electrons. The highest BCUT2D eigenvalue weighted by Crippen LogP contribution is 2.59. The third-order valence-corrected chi connectivity index (χ3v) is 31.0. The zero-order valence-electron chi connectivity index (χ0n) is 80.9. The molecule has 7 aromatic carbocycles. The minimum atomic E-state index is -4.14. The molecule has 6 fully saturated rings. The van der Waals surface area contributed by atoms with Crippen LogP contribution < -0.4 is 71.4 Å². The first-order chi connectivity index (χ1) is 68.6. The molecule has 11 aliphatic rings. The number of hydrogen-bond donors (Lipinski definition) is 18. The second kappa shape index (κ2) is 46.3. The van der Waals surface area contributed by atoms with Crippen molar-refractivity contribution in [2.45, 2.75) is 259 Å². The summed E-state index contributed by atoms with van der Waals surface area (Å²) in [6, 6.07) is 17.8. The number of aliphatic hydroxyl groups is 6. The van der Waals surface area contributed by atoms with Crippen molar-refractivity contribution in [3.63, 3.8) is 0 Å². The number of imide groups is 1. The topological polar surface area (TPSA) is 566 Å². The number of amides is 7. The van der Waals surface area contributed by atoms with Gasteiger partial charge in [-0.25, -0.2) is 17.9 Å². The number of hydrogen-bond acceptors (Lipinski definition) is 30. The van der Waals surface area contributed by atoms with Crippen LogP contribution in [0.15, 0.2) is 126 Å². The summed E-state index contributed by atoms with van der Waals surface area (Å²) in [5, 5.41) is 128. The van der Waals surface area contributed by atoms with Crippen LogP contribution in [0.5, 0.6) is 57.5 Å². The molecule has 7 aromatic rings. The third-order valence-electron chi connectivity index (χ3n) is 28.9. The van der Waals surface area contributed by atoms with E-state index in [9.17, 15) is 68.8 Å². The van der Waals surface area contributed by atoms with Gasteiger partial charge in [-0.05, 0) is 232 Å². The highest BCUT2D eigenvalue weighted by molar-refractivity contribution is 7.89. The Labute approximate surface area is 843 Å². The number of Topliss-reactive ketones (excluding diaryl/α,β-unsaturated/α-hetero) is 3. The van der Waals surface area contributed by atoms with Gasteiger partial charge < -0.3 is 121 Å². The Hall–Kier alpha value is -11.2. The largest absolute Gasteiger partial charge is 0.507 e. The zero-order chi connectivity index (χ0) is 103. The Balaban J connectivity index is 0.890. The number of benzene rings is 7. The van der Waals surface area contributed by atoms with Crippen LogP contribution in [-0.2, 0) is 75.6 Å². The highest BCUT2D eigenvalue weighted by atomic mass is 35.5. The third kappa shape index (κ3) is 24.9. The number of rotatable bonds is 29. The number of aromatic hydroxyl groups is 3. The summed E-state index contributed by atoms with van der Waals surface area (Å²) in [5.41, 5.74) is 3.70. The minimum Gasteiger partial charge on any atom is -0.507 e. The van der Waals surface area contributed by atoms with E-state index in [1.54, 1.807) is 19.1 Å². The molecule has 2 saturated heterocycles. The van der Waals surface area contributed by atoms with Crippen molar-refractivity contribution in [3.8, 4) is 68.6 Å². The van der Waals surface area contributed by atoms with E-state index in [-0.39, 0.29) is 133 Å². The van der Waals surface area contributed by atoms with Crippen LogP contribution in [-0.4, -0.2) is 214 Å². The lowest BCUT2D eigenvalue weighted by Crippen LogP contribution is -2.64. The van der Waals surface area contributed by atoms with Crippen LogP contribution in [0, 0.1) is 47.3 Å². The molecule has 18 rings (SSSR count). The lowest BCUT2D eigenvalue weighted by Gasteiger charge is -2.54. The number of urea groups is 1. The molecule has 0 spiro atoms. The average Bonchev–Trinajstić information content (AvgIpc) is 0.757. The Bertz CT molecular complexity index is 5990. The molecule has 7 amide bonds. The first-order valence-corrected chi connectivity index (χ1v) is 51.3. The smallest absolute Gasteiger partial charge is 0.325 e. The lowest BCUT2D eigenvalue weighted by molar-refractivity contribution is -0.333. The summed E-state index contributed by atoms with van der Waals surface area (Å²) < 4.78 is 80.5. The van der Waals surface area contributed by atoms with E-state index in [4.69, 9.17) is 66.8 Å². The summed E-state index contributed by atoms with van der Waals surface area (Å²) in [4.78, 5) is 141. The highest BCUT2D eigenvalue weighted by Gasteiger charge is 2.53. The predicted octanol–water partition coefficient (Wildman–Crippen LogP) is 10.2. The summed E-state index contributed by atoms with van der Waals surface area (Å²) in [6.07, 6.45) is -14.3. The molecule has 19 N–H and O–H groups in total. The second-order valence-corrected chi connectivity index (χ2v) is 42.5. The molecule has 37 nitrogen and oxygen atoms in total. The Morgan fingerprint density at radius 1 is 0.681 bits per heavy atom. The van der Waals surface area contributed by atoms with Gasteiger partial charge in [-0.15, -0.1) is 0 Å². The Kier molecular flexibility index (Phi) is 34.4.